The zero-order chi connectivity index (χ0) is 24.0. The van der Waals surface area contributed by atoms with Crippen LogP contribution in [0.2, 0.25) is 0 Å². The zero-order valence-corrected chi connectivity index (χ0v) is 19.1. The number of nitrogens with one attached hydrogen (secondary N) is 1. The molecule has 2 aromatic carbocycles. The Balaban J connectivity index is 1.38. The van der Waals surface area contributed by atoms with Crippen LogP contribution in [0.1, 0.15) is 41.4 Å². The summed E-state index contributed by atoms with van der Waals surface area (Å²) in [6.45, 7) is 4.65. The Morgan fingerprint density at radius 1 is 1.15 bits per heavy atom. The fourth-order valence-corrected chi connectivity index (χ4v) is 4.35. The van der Waals surface area contributed by atoms with Crippen LogP contribution in [0.3, 0.4) is 0 Å². The summed E-state index contributed by atoms with van der Waals surface area (Å²) in [5, 5.41) is 4.09. The van der Waals surface area contributed by atoms with E-state index >= 15 is 4.39 Å². The molecule has 6 nitrogen and oxygen atoms in total. The van der Waals surface area contributed by atoms with Gasteiger partial charge in [0.25, 0.3) is 5.91 Å². The first-order chi connectivity index (χ1) is 16.4. The maximum Gasteiger partial charge on any atom is 0.254 e. The molecule has 0 unspecified atom stereocenters. The lowest BCUT2D eigenvalue weighted by Crippen LogP contribution is -2.22. The number of carbonyl (C=O) groups is 1. The molecular formula is C26H24F2N4O2. The van der Waals surface area contributed by atoms with Gasteiger partial charge < -0.3 is 19.5 Å². The van der Waals surface area contributed by atoms with Gasteiger partial charge in [0.2, 0.25) is 0 Å². The van der Waals surface area contributed by atoms with E-state index in [0.29, 0.717) is 30.2 Å². The Morgan fingerprint density at radius 2 is 1.97 bits per heavy atom. The monoisotopic (exact) mass is 462 g/mol. The van der Waals surface area contributed by atoms with Crippen molar-refractivity contribution in [2.45, 2.75) is 26.4 Å². The Labute approximate surface area is 195 Å². The van der Waals surface area contributed by atoms with Crippen LogP contribution in [-0.2, 0) is 13.6 Å². The Kier molecular flexibility index (Phi) is 5.43. The minimum absolute atomic E-state index is 0.0528. The van der Waals surface area contributed by atoms with Crippen LogP contribution in [0, 0.1) is 11.6 Å². The molecule has 34 heavy (non-hydrogen) atoms. The number of benzene rings is 2. The molecule has 8 heteroatoms. The van der Waals surface area contributed by atoms with E-state index in [4.69, 9.17) is 4.74 Å². The number of hydrogen-bond acceptors (Lipinski definition) is 4. The third kappa shape index (κ3) is 3.75. The second kappa shape index (κ2) is 8.44. The van der Waals surface area contributed by atoms with E-state index < -0.39 is 17.7 Å². The summed E-state index contributed by atoms with van der Waals surface area (Å²) in [7, 11) is 1.93. The maximum absolute atomic E-state index is 15.0. The van der Waals surface area contributed by atoms with Gasteiger partial charge in [-0.15, -0.1) is 0 Å². The van der Waals surface area contributed by atoms with Gasteiger partial charge in [0.15, 0.2) is 11.6 Å². The SMILES string of the molecule is CCN1Cc2c(ccnc2N[C@@H](C)c2cc(F)c(Oc3ccc4c(ccn4C)c3)cc2F)C1=O. The van der Waals surface area contributed by atoms with Crippen molar-refractivity contribution in [2.75, 3.05) is 11.9 Å². The predicted octanol–water partition coefficient (Wildman–Crippen LogP) is 5.79. The number of anilines is 1. The maximum atomic E-state index is 15.0. The van der Waals surface area contributed by atoms with Gasteiger partial charge in [-0.1, -0.05) is 0 Å². The molecule has 174 valence electrons. The van der Waals surface area contributed by atoms with Crippen molar-refractivity contribution in [1.82, 2.24) is 14.5 Å². The number of halogens is 2. The second-order valence-corrected chi connectivity index (χ2v) is 8.42. The number of fused-ring (bicyclic) bond motifs is 2. The summed E-state index contributed by atoms with van der Waals surface area (Å²) in [6.07, 6.45) is 3.47. The number of hydrogen-bond donors (Lipinski definition) is 1. The zero-order valence-electron chi connectivity index (χ0n) is 19.1. The highest BCUT2D eigenvalue weighted by Crippen LogP contribution is 2.34. The van der Waals surface area contributed by atoms with E-state index in [1.807, 2.05) is 36.9 Å². The van der Waals surface area contributed by atoms with Crippen LogP contribution in [0.4, 0.5) is 14.6 Å². The lowest BCUT2D eigenvalue weighted by Gasteiger charge is -2.19. The minimum Gasteiger partial charge on any atom is -0.454 e. The average molecular weight is 463 g/mol. The predicted molar refractivity (Wildman–Crippen MR) is 126 cm³/mol. The second-order valence-electron chi connectivity index (χ2n) is 8.42. The fourth-order valence-electron chi connectivity index (χ4n) is 4.35. The highest BCUT2D eigenvalue weighted by Gasteiger charge is 2.29. The van der Waals surface area contributed by atoms with Crippen LogP contribution >= 0.6 is 0 Å². The van der Waals surface area contributed by atoms with E-state index in [1.54, 1.807) is 36.2 Å². The number of carbonyl (C=O) groups excluding carboxylic acids is 1. The molecule has 1 aliphatic heterocycles. The molecule has 0 fully saturated rings. The summed E-state index contributed by atoms with van der Waals surface area (Å²) < 4.78 is 37.6. The van der Waals surface area contributed by atoms with Crippen molar-refractivity contribution < 1.29 is 18.3 Å². The molecule has 0 bridgehead atoms. The van der Waals surface area contributed by atoms with Gasteiger partial charge in [-0.3, -0.25) is 4.79 Å². The fraction of sp³-hybridized carbons (Fsp3) is 0.231. The molecule has 0 radical (unpaired) electrons. The van der Waals surface area contributed by atoms with E-state index in [1.165, 1.54) is 0 Å². The molecule has 1 amide bonds. The number of rotatable bonds is 6. The number of aryl methyl sites for hydroxylation is 1. The summed E-state index contributed by atoms with van der Waals surface area (Å²) >= 11 is 0. The third-order valence-electron chi connectivity index (χ3n) is 6.26. The molecule has 0 saturated heterocycles. The van der Waals surface area contributed by atoms with Crippen molar-refractivity contribution in [2.24, 2.45) is 7.05 Å². The number of amides is 1. The number of pyridine rings is 1. The van der Waals surface area contributed by atoms with Crippen LogP contribution in [0.15, 0.2) is 54.9 Å². The normalized spacial score (nSPS) is 13.9. The number of ether oxygens (including phenoxy) is 1. The van der Waals surface area contributed by atoms with Crippen molar-refractivity contribution in [1.29, 1.82) is 0 Å². The highest BCUT2D eigenvalue weighted by atomic mass is 19.1. The molecule has 0 spiro atoms. The lowest BCUT2D eigenvalue weighted by atomic mass is 10.1. The summed E-state index contributed by atoms with van der Waals surface area (Å²) in [4.78, 5) is 18.5. The van der Waals surface area contributed by atoms with Crippen LogP contribution in [0.25, 0.3) is 10.9 Å². The molecule has 0 saturated carbocycles. The van der Waals surface area contributed by atoms with Crippen LogP contribution < -0.4 is 10.1 Å². The summed E-state index contributed by atoms with van der Waals surface area (Å²) in [5.74, 6) is -0.599. The van der Waals surface area contributed by atoms with Gasteiger partial charge in [-0.05, 0) is 50.2 Å². The van der Waals surface area contributed by atoms with Gasteiger partial charge in [0, 0.05) is 59.6 Å². The van der Waals surface area contributed by atoms with Crippen molar-refractivity contribution in [3.05, 3.63) is 83.2 Å². The van der Waals surface area contributed by atoms with Gasteiger partial charge in [-0.2, -0.15) is 0 Å². The lowest BCUT2D eigenvalue weighted by molar-refractivity contribution is 0.0787. The molecule has 4 aromatic rings. The molecule has 0 aliphatic carbocycles. The quantitative estimate of drug-likeness (QED) is 0.394. The summed E-state index contributed by atoms with van der Waals surface area (Å²) in [5.41, 5.74) is 2.49. The Morgan fingerprint density at radius 3 is 2.76 bits per heavy atom. The number of aromatic nitrogens is 2. The largest absolute Gasteiger partial charge is 0.454 e. The van der Waals surface area contributed by atoms with Crippen molar-refractivity contribution >= 4 is 22.6 Å². The average Bonchev–Trinajstić information content (AvgIpc) is 3.36. The third-order valence-corrected chi connectivity index (χ3v) is 6.26. The first kappa shape index (κ1) is 21.9. The molecular weight excluding hydrogens is 438 g/mol. The van der Waals surface area contributed by atoms with Gasteiger partial charge in [0.05, 0.1) is 12.6 Å². The van der Waals surface area contributed by atoms with E-state index in [-0.39, 0.29) is 17.2 Å². The Bertz CT molecular complexity index is 1420. The van der Waals surface area contributed by atoms with Gasteiger partial charge in [0.1, 0.15) is 17.4 Å². The molecule has 5 rings (SSSR count). The molecule has 1 atom stereocenters. The van der Waals surface area contributed by atoms with Crippen molar-refractivity contribution in [3.8, 4) is 11.5 Å². The van der Waals surface area contributed by atoms with Crippen LogP contribution in [0.5, 0.6) is 11.5 Å². The van der Waals surface area contributed by atoms with E-state index in [0.717, 1.165) is 28.6 Å². The molecule has 1 aliphatic rings. The smallest absolute Gasteiger partial charge is 0.254 e. The molecule has 2 aromatic heterocycles. The Hall–Kier alpha value is -3.94. The first-order valence-electron chi connectivity index (χ1n) is 11.1. The van der Waals surface area contributed by atoms with E-state index in [9.17, 15) is 9.18 Å². The van der Waals surface area contributed by atoms with Crippen molar-refractivity contribution in [3.63, 3.8) is 0 Å². The van der Waals surface area contributed by atoms with Gasteiger partial charge >= 0.3 is 0 Å². The van der Waals surface area contributed by atoms with Crippen LogP contribution in [-0.4, -0.2) is 26.9 Å². The highest BCUT2D eigenvalue weighted by molar-refractivity contribution is 5.99. The topological polar surface area (TPSA) is 59.4 Å². The molecule has 1 N–H and O–H groups in total. The standard InChI is InChI=1S/C26H24F2N4O2/c1-4-32-14-20-18(26(32)33)7-9-29-25(20)30-15(2)19-12-22(28)24(13-21(19)27)34-17-5-6-23-16(11-17)8-10-31(23)3/h5-13,15H,4,14H2,1-3H3,(H,29,30)/t15-/m0/s1. The minimum atomic E-state index is -0.670. The first-order valence-corrected chi connectivity index (χ1v) is 11.1. The number of nitrogens with zero attached hydrogens (tertiary/aromatic N) is 3. The van der Waals surface area contributed by atoms with Gasteiger partial charge in [-0.25, -0.2) is 13.8 Å². The van der Waals surface area contributed by atoms with E-state index in [2.05, 4.69) is 10.3 Å². The molecule has 3 heterocycles. The summed E-state index contributed by atoms with van der Waals surface area (Å²) in [6, 6.07) is 10.6.